The highest BCUT2D eigenvalue weighted by Crippen LogP contribution is 2.33. The monoisotopic (exact) mass is 418 g/mol. The molecule has 1 heterocycles. The van der Waals surface area contributed by atoms with E-state index < -0.39 is 0 Å². The molecule has 0 radical (unpaired) electrons. The molecular weight excluding hydrogens is 399 g/mol. The molecule has 2 aliphatic rings. The van der Waals surface area contributed by atoms with E-state index in [0.717, 1.165) is 25.7 Å². The van der Waals surface area contributed by atoms with Crippen LogP contribution >= 0.6 is 34.8 Å². The first-order valence-electron chi connectivity index (χ1n) is 8.79. The van der Waals surface area contributed by atoms with Gasteiger partial charge in [-0.05, 0) is 18.9 Å². The molecule has 0 atom stereocenters. The molecule has 1 aromatic rings. The van der Waals surface area contributed by atoms with Crippen LogP contribution in [-0.4, -0.2) is 54.4 Å². The Morgan fingerprint density at radius 3 is 2.15 bits per heavy atom. The summed E-state index contributed by atoms with van der Waals surface area (Å²) in [6.45, 7) is 2.07. The van der Waals surface area contributed by atoms with Crippen molar-refractivity contribution in [1.29, 1.82) is 0 Å². The topological polar surface area (TPSA) is 49.9 Å². The first-order chi connectivity index (χ1) is 12.5. The highest BCUT2D eigenvalue weighted by Gasteiger charge is 2.30. The average Bonchev–Trinajstić information content (AvgIpc) is 3.17. The predicted molar refractivity (Wildman–Crippen MR) is 102 cm³/mol. The lowest BCUT2D eigenvalue weighted by molar-refractivity contribution is -0.142. The van der Waals surface area contributed by atoms with Crippen LogP contribution in [0.3, 0.4) is 0 Å². The number of hydrogen-bond donors (Lipinski definition) is 0. The van der Waals surface area contributed by atoms with Crippen molar-refractivity contribution in [3.8, 4) is 5.75 Å². The number of piperazine rings is 1. The molecule has 0 aromatic heterocycles. The Bertz CT molecular complexity index is 685. The molecule has 5 nitrogen and oxygen atoms in total. The maximum absolute atomic E-state index is 12.4. The number of nitrogens with zero attached hydrogens (tertiary/aromatic N) is 2. The van der Waals surface area contributed by atoms with Crippen LogP contribution in [0.25, 0.3) is 0 Å². The Hall–Kier alpha value is -1.17. The summed E-state index contributed by atoms with van der Waals surface area (Å²) in [6, 6.07) is 2.98. The maximum Gasteiger partial charge on any atom is 0.260 e. The van der Waals surface area contributed by atoms with E-state index >= 15 is 0 Å². The number of amides is 2. The Morgan fingerprint density at radius 2 is 1.50 bits per heavy atom. The van der Waals surface area contributed by atoms with Crippen molar-refractivity contribution in [2.45, 2.75) is 25.7 Å². The normalized spacial score (nSPS) is 18.3. The molecule has 142 valence electrons. The molecule has 0 spiro atoms. The Balaban J connectivity index is 1.48. The molecule has 26 heavy (non-hydrogen) atoms. The van der Waals surface area contributed by atoms with Crippen molar-refractivity contribution >= 4 is 46.6 Å². The van der Waals surface area contributed by atoms with Crippen molar-refractivity contribution in [3.05, 3.63) is 27.2 Å². The molecule has 8 heteroatoms. The molecule has 3 rings (SSSR count). The first kappa shape index (κ1) is 19.6. The van der Waals surface area contributed by atoms with Crippen molar-refractivity contribution in [2.75, 3.05) is 32.8 Å². The number of carbonyl (C=O) groups is 2. The molecule has 1 aliphatic heterocycles. The quantitative estimate of drug-likeness (QED) is 0.696. The minimum absolute atomic E-state index is 0.131. The fourth-order valence-electron chi connectivity index (χ4n) is 3.45. The maximum atomic E-state index is 12.4. The van der Waals surface area contributed by atoms with Gasteiger partial charge in [-0.3, -0.25) is 9.59 Å². The van der Waals surface area contributed by atoms with Gasteiger partial charge in [-0.2, -0.15) is 0 Å². The van der Waals surface area contributed by atoms with Gasteiger partial charge < -0.3 is 14.5 Å². The summed E-state index contributed by atoms with van der Waals surface area (Å²) >= 11 is 17.9. The zero-order chi connectivity index (χ0) is 18.7. The van der Waals surface area contributed by atoms with Gasteiger partial charge in [-0.15, -0.1) is 0 Å². The summed E-state index contributed by atoms with van der Waals surface area (Å²) in [6.07, 6.45) is 4.28. The third-order valence-electron chi connectivity index (χ3n) is 4.97. The van der Waals surface area contributed by atoms with E-state index in [0.29, 0.717) is 47.0 Å². The molecule has 2 amide bonds. The fraction of sp³-hybridized carbons (Fsp3) is 0.556. The van der Waals surface area contributed by atoms with Crippen molar-refractivity contribution in [3.63, 3.8) is 0 Å². The van der Waals surface area contributed by atoms with E-state index in [1.807, 2.05) is 4.90 Å². The molecule has 2 fully saturated rings. The van der Waals surface area contributed by atoms with E-state index in [9.17, 15) is 9.59 Å². The highest BCUT2D eigenvalue weighted by molar-refractivity contribution is 6.43. The summed E-state index contributed by atoms with van der Waals surface area (Å²) in [7, 11) is 0. The highest BCUT2D eigenvalue weighted by atomic mass is 35.5. The second-order valence-corrected chi connectivity index (χ2v) is 7.89. The zero-order valence-electron chi connectivity index (χ0n) is 14.3. The number of ether oxygens (including phenoxy) is 1. The molecule has 1 aliphatic carbocycles. The molecule has 1 saturated carbocycles. The van der Waals surface area contributed by atoms with Crippen LogP contribution in [0.1, 0.15) is 25.7 Å². The van der Waals surface area contributed by atoms with Crippen LogP contribution in [0, 0.1) is 5.92 Å². The number of carbonyl (C=O) groups excluding carboxylic acids is 2. The summed E-state index contributed by atoms with van der Waals surface area (Å²) in [5.41, 5.74) is 0. The van der Waals surface area contributed by atoms with Crippen LogP contribution < -0.4 is 4.74 Å². The molecule has 1 aromatic carbocycles. The lowest BCUT2D eigenvalue weighted by atomic mass is 10.1. The van der Waals surface area contributed by atoms with Crippen LogP contribution in [0.15, 0.2) is 12.1 Å². The van der Waals surface area contributed by atoms with E-state index in [1.165, 1.54) is 12.1 Å². The number of rotatable bonds is 4. The smallest absolute Gasteiger partial charge is 0.260 e. The van der Waals surface area contributed by atoms with Crippen LogP contribution in [0.2, 0.25) is 15.1 Å². The second kappa shape index (κ2) is 8.68. The number of halogens is 3. The second-order valence-electron chi connectivity index (χ2n) is 6.67. The predicted octanol–water partition coefficient (Wildman–Crippen LogP) is 3.89. The van der Waals surface area contributed by atoms with Gasteiger partial charge in [-0.25, -0.2) is 0 Å². The first-order valence-corrected chi connectivity index (χ1v) is 9.93. The van der Waals surface area contributed by atoms with Gasteiger partial charge in [0.1, 0.15) is 5.75 Å². The largest absolute Gasteiger partial charge is 0.482 e. The zero-order valence-corrected chi connectivity index (χ0v) is 16.6. The average molecular weight is 420 g/mol. The Labute approximate surface area is 168 Å². The van der Waals surface area contributed by atoms with Gasteiger partial charge in [-0.1, -0.05) is 47.6 Å². The summed E-state index contributed by atoms with van der Waals surface area (Å²) < 4.78 is 5.50. The molecule has 1 saturated heterocycles. The van der Waals surface area contributed by atoms with E-state index in [4.69, 9.17) is 39.5 Å². The van der Waals surface area contributed by atoms with E-state index in [1.54, 1.807) is 4.90 Å². The number of benzene rings is 1. The van der Waals surface area contributed by atoms with Crippen LogP contribution in [0.5, 0.6) is 5.75 Å². The van der Waals surface area contributed by atoms with Gasteiger partial charge in [0, 0.05) is 38.2 Å². The van der Waals surface area contributed by atoms with Gasteiger partial charge in [0.05, 0.1) is 15.1 Å². The van der Waals surface area contributed by atoms with Crippen molar-refractivity contribution < 1.29 is 14.3 Å². The van der Waals surface area contributed by atoms with Crippen LogP contribution in [-0.2, 0) is 9.59 Å². The van der Waals surface area contributed by atoms with Gasteiger partial charge >= 0.3 is 0 Å². The molecule has 0 N–H and O–H groups in total. The fourth-order valence-corrected chi connectivity index (χ4v) is 4.04. The van der Waals surface area contributed by atoms with Crippen LogP contribution in [0.4, 0.5) is 0 Å². The SMILES string of the molecule is O=C(COc1cc(Cl)c(Cl)cc1Cl)N1CCN(C(=O)C2CCCC2)CC1. The lowest BCUT2D eigenvalue weighted by Crippen LogP contribution is -2.52. The minimum Gasteiger partial charge on any atom is -0.482 e. The third-order valence-corrected chi connectivity index (χ3v) is 5.99. The standard InChI is InChI=1S/C18H21Cl3N2O3/c19-13-9-15(21)16(10-14(13)20)26-11-17(24)22-5-7-23(8-6-22)18(25)12-3-1-2-4-12/h9-10,12H,1-8,11H2. The van der Waals surface area contributed by atoms with E-state index in [2.05, 4.69) is 0 Å². The van der Waals surface area contributed by atoms with Crippen molar-refractivity contribution in [1.82, 2.24) is 9.80 Å². The lowest BCUT2D eigenvalue weighted by Gasteiger charge is -2.36. The minimum atomic E-state index is -0.139. The third kappa shape index (κ3) is 4.56. The van der Waals surface area contributed by atoms with Gasteiger partial charge in [0.15, 0.2) is 6.61 Å². The molecular formula is C18H21Cl3N2O3. The van der Waals surface area contributed by atoms with Gasteiger partial charge in [0.2, 0.25) is 5.91 Å². The Morgan fingerprint density at radius 1 is 0.923 bits per heavy atom. The Kier molecular flexibility index (Phi) is 6.54. The molecule has 0 bridgehead atoms. The molecule has 0 unspecified atom stereocenters. The summed E-state index contributed by atoms with van der Waals surface area (Å²) in [5.74, 6) is 0.607. The summed E-state index contributed by atoms with van der Waals surface area (Å²) in [4.78, 5) is 28.4. The summed E-state index contributed by atoms with van der Waals surface area (Å²) in [5, 5.41) is 0.954. The van der Waals surface area contributed by atoms with E-state index in [-0.39, 0.29) is 24.3 Å². The van der Waals surface area contributed by atoms with Gasteiger partial charge in [0.25, 0.3) is 5.91 Å². The van der Waals surface area contributed by atoms with Crippen molar-refractivity contribution in [2.24, 2.45) is 5.92 Å². The number of hydrogen-bond acceptors (Lipinski definition) is 3.